The molecule has 7 nitrogen and oxygen atoms in total. The van der Waals surface area contributed by atoms with E-state index in [1.54, 1.807) is 20.8 Å². The Morgan fingerprint density at radius 3 is 2.36 bits per heavy atom. The molecule has 2 amide bonds. The summed E-state index contributed by atoms with van der Waals surface area (Å²) >= 11 is 0. The van der Waals surface area contributed by atoms with Crippen molar-refractivity contribution in [2.45, 2.75) is 104 Å². The van der Waals surface area contributed by atoms with Crippen LogP contribution in [0.3, 0.4) is 0 Å². The number of hydrogen-bond donors (Lipinski definition) is 2. The molecule has 0 unspecified atom stereocenters. The predicted molar refractivity (Wildman–Crippen MR) is 140 cm³/mol. The van der Waals surface area contributed by atoms with E-state index < -0.39 is 30.8 Å². The van der Waals surface area contributed by atoms with Gasteiger partial charge in [-0.25, -0.2) is 4.79 Å². The highest BCUT2D eigenvalue weighted by molar-refractivity contribution is 6.48. The van der Waals surface area contributed by atoms with Crippen molar-refractivity contribution in [3.05, 3.63) is 35.9 Å². The highest BCUT2D eigenvalue weighted by Gasteiger charge is 2.68. The molecule has 8 heteroatoms. The van der Waals surface area contributed by atoms with Gasteiger partial charge >= 0.3 is 13.2 Å². The van der Waals surface area contributed by atoms with Gasteiger partial charge in [0.25, 0.3) is 0 Å². The Bertz CT molecular complexity index is 962. The summed E-state index contributed by atoms with van der Waals surface area (Å²) < 4.78 is 18.7. The summed E-state index contributed by atoms with van der Waals surface area (Å²) in [5.41, 5.74) is 0.307. The van der Waals surface area contributed by atoms with Gasteiger partial charge < -0.3 is 24.7 Å². The van der Waals surface area contributed by atoms with Gasteiger partial charge in [0.1, 0.15) is 11.6 Å². The lowest BCUT2D eigenvalue weighted by molar-refractivity contribution is -0.199. The minimum atomic E-state index is -0.746. The van der Waals surface area contributed by atoms with Gasteiger partial charge in [-0.05, 0) is 75.7 Å². The minimum Gasteiger partial charge on any atom is -0.444 e. The maximum absolute atomic E-state index is 13.5. The molecule has 198 valence electrons. The second-order valence-corrected chi connectivity index (χ2v) is 13.0. The maximum atomic E-state index is 13.5. The van der Waals surface area contributed by atoms with Crippen LogP contribution in [-0.2, 0) is 25.3 Å². The summed E-state index contributed by atoms with van der Waals surface area (Å²) in [6.07, 6.45) is 2.13. The first kappa shape index (κ1) is 27.0. The number of ether oxygens (including phenoxy) is 1. The number of amides is 2. The third-order valence-electron chi connectivity index (χ3n) is 8.54. The summed E-state index contributed by atoms with van der Waals surface area (Å²) in [4.78, 5) is 26.0. The highest BCUT2D eigenvalue weighted by atomic mass is 16.7. The molecule has 3 saturated carbocycles. The molecular weight excluding hydrogens is 455 g/mol. The van der Waals surface area contributed by atoms with E-state index in [0.717, 1.165) is 12.0 Å². The molecule has 1 aromatic rings. The molecule has 3 aliphatic carbocycles. The topological polar surface area (TPSA) is 85.9 Å². The first-order valence-corrected chi connectivity index (χ1v) is 13.4. The Morgan fingerprint density at radius 2 is 1.78 bits per heavy atom. The lowest BCUT2D eigenvalue weighted by atomic mass is 9.43. The van der Waals surface area contributed by atoms with Crippen molar-refractivity contribution in [2.24, 2.45) is 23.2 Å². The number of carbonyl (C=O) groups excluding carboxylic acids is 2. The summed E-state index contributed by atoms with van der Waals surface area (Å²) in [7, 11) is -0.561. The van der Waals surface area contributed by atoms with Gasteiger partial charge in [0, 0.05) is 0 Å². The van der Waals surface area contributed by atoms with E-state index in [4.69, 9.17) is 14.0 Å². The molecule has 5 rings (SSSR count). The van der Waals surface area contributed by atoms with Crippen molar-refractivity contribution >= 4 is 19.1 Å². The van der Waals surface area contributed by atoms with Crippen LogP contribution in [0, 0.1) is 23.2 Å². The van der Waals surface area contributed by atoms with E-state index in [0.29, 0.717) is 18.3 Å². The molecule has 0 aromatic heterocycles. The molecule has 0 radical (unpaired) electrons. The van der Waals surface area contributed by atoms with Crippen LogP contribution in [-0.4, -0.2) is 48.4 Å². The molecule has 4 aliphatic rings. The lowest BCUT2D eigenvalue weighted by Crippen LogP contribution is -2.65. The molecular formula is C28H43BN2O5. The molecule has 36 heavy (non-hydrogen) atoms. The van der Waals surface area contributed by atoms with Crippen LogP contribution in [0.2, 0.25) is 0 Å². The van der Waals surface area contributed by atoms with Crippen LogP contribution in [0.5, 0.6) is 0 Å². The SMILES string of the molecule is CC(C)[C@H](NC(=O)OC(C)(C)C)C(=O)N[C@@H](Cc1ccccc1)B1O[C@@H]2C[C@@H]3C[C@@H](C3(C)C)[C@]2(C)O1. The summed E-state index contributed by atoms with van der Waals surface area (Å²) in [6.45, 7) is 16.1. The smallest absolute Gasteiger partial charge is 0.444 e. The van der Waals surface area contributed by atoms with Gasteiger partial charge in [-0.2, -0.15) is 0 Å². The maximum Gasteiger partial charge on any atom is 0.482 e. The van der Waals surface area contributed by atoms with Crippen molar-refractivity contribution in [3.8, 4) is 0 Å². The average molecular weight is 498 g/mol. The number of rotatable bonds is 7. The van der Waals surface area contributed by atoms with Crippen LogP contribution in [0.15, 0.2) is 30.3 Å². The molecule has 2 N–H and O–H groups in total. The molecule has 1 aliphatic heterocycles. The van der Waals surface area contributed by atoms with Crippen molar-refractivity contribution in [1.29, 1.82) is 0 Å². The quantitative estimate of drug-likeness (QED) is 0.540. The Hall–Kier alpha value is -2.06. The second kappa shape index (κ2) is 9.68. The Balaban J connectivity index is 1.52. The van der Waals surface area contributed by atoms with Crippen molar-refractivity contribution in [3.63, 3.8) is 0 Å². The van der Waals surface area contributed by atoms with E-state index in [1.807, 2.05) is 44.2 Å². The zero-order valence-electron chi connectivity index (χ0n) is 23.1. The van der Waals surface area contributed by atoms with Crippen molar-refractivity contribution < 1.29 is 23.6 Å². The molecule has 2 bridgehead atoms. The van der Waals surface area contributed by atoms with Gasteiger partial charge in [-0.1, -0.05) is 58.0 Å². The van der Waals surface area contributed by atoms with Crippen LogP contribution in [0.1, 0.15) is 73.8 Å². The lowest BCUT2D eigenvalue weighted by Gasteiger charge is -2.64. The number of alkyl carbamates (subject to hydrolysis) is 1. The van der Waals surface area contributed by atoms with Gasteiger partial charge in [-0.3, -0.25) is 4.79 Å². The average Bonchev–Trinajstić information content (AvgIpc) is 3.13. The fourth-order valence-corrected chi connectivity index (χ4v) is 6.40. The van der Waals surface area contributed by atoms with Crippen molar-refractivity contribution in [1.82, 2.24) is 10.6 Å². The Labute approximate surface area is 216 Å². The second-order valence-electron chi connectivity index (χ2n) is 13.0. The molecule has 1 saturated heterocycles. The highest BCUT2D eigenvalue weighted by Crippen LogP contribution is 2.65. The number of hydrogen-bond acceptors (Lipinski definition) is 5. The molecule has 1 heterocycles. The van der Waals surface area contributed by atoms with E-state index >= 15 is 0 Å². The van der Waals surface area contributed by atoms with Gasteiger partial charge in [0.2, 0.25) is 5.91 Å². The zero-order chi connectivity index (χ0) is 26.5. The molecule has 1 aromatic carbocycles. The summed E-state index contributed by atoms with van der Waals surface area (Å²) in [5.74, 6) is 0.281. The number of carbonyl (C=O) groups is 2. The molecule has 0 spiro atoms. The monoisotopic (exact) mass is 498 g/mol. The van der Waals surface area contributed by atoms with E-state index in [9.17, 15) is 9.59 Å². The van der Waals surface area contributed by atoms with E-state index in [1.165, 1.54) is 6.42 Å². The van der Waals surface area contributed by atoms with Crippen LogP contribution < -0.4 is 10.6 Å². The van der Waals surface area contributed by atoms with Crippen LogP contribution in [0.25, 0.3) is 0 Å². The minimum absolute atomic E-state index is 0.0234. The Kier molecular flexibility index (Phi) is 7.26. The van der Waals surface area contributed by atoms with Crippen molar-refractivity contribution in [2.75, 3.05) is 0 Å². The van der Waals surface area contributed by atoms with Gasteiger partial charge in [-0.15, -0.1) is 0 Å². The third kappa shape index (κ3) is 5.30. The summed E-state index contributed by atoms with van der Waals surface area (Å²) in [5, 5.41) is 5.93. The first-order valence-electron chi connectivity index (χ1n) is 13.4. The number of nitrogens with one attached hydrogen (secondary N) is 2. The number of benzene rings is 1. The van der Waals surface area contributed by atoms with Gasteiger partial charge in [0.15, 0.2) is 0 Å². The van der Waals surface area contributed by atoms with Gasteiger partial charge in [0.05, 0.1) is 17.6 Å². The zero-order valence-corrected chi connectivity index (χ0v) is 23.1. The standard InChI is InChI=1S/C28H43BN2O5/c1-17(2)23(31-25(33)34-26(3,4)5)24(32)30-22(14-18-12-10-9-11-13-18)29-35-21-16-19-15-20(27(19,6)7)28(21,8)36-29/h9-13,17,19-23H,14-16H2,1-8H3,(H,30,32)(H,31,33)/t19-,20-,21+,22-,23-,28-/m0/s1. The van der Waals surface area contributed by atoms with Crippen LogP contribution in [0.4, 0.5) is 4.79 Å². The first-order chi connectivity index (χ1) is 16.7. The fourth-order valence-electron chi connectivity index (χ4n) is 6.40. The Morgan fingerprint density at radius 1 is 1.11 bits per heavy atom. The third-order valence-corrected chi connectivity index (χ3v) is 8.54. The van der Waals surface area contributed by atoms with E-state index in [-0.39, 0.29) is 28.9 Å². The largest absolute Gasteiger partial charge is 0.482 e. The molecule has 6 atom stereocenters. The predicted octanol–water partition coefficient (Wildman–Crippen LogP) is 4.53. The normalized spacial score (nSPS) is 30.1. The molecule has 4 fully saturated rings. The van der Waals surface area contributed by atoms with E-state index in [2.05, 4.69) is 31.4 Å². The fraction of sp³-hybridized carbons (Fsp3) is 0.714. The van der Waals surface area contributed by atoms with Crippen LogP contribution >= 0.6 is 0 Å². The summed E-state index contributed by atoms with van der Waals surface area (Å²) in [6, 6.07) is 9.30.